The molecule has 134 valence electrons. The number of halogens is 1. The first-order chi connectivity index (χ1) is 12.3. The summed E-state index contributed by atoms with van der Waals surface area (Å²) < 4.78 is 18.5. The van der Waals surface area contributed by atoms with Crippen molar-refractivity contribution in [3.05, 3.63) is 70.5 Å². The lowest BCUT2D eigenvalue weighted by atomic mass is 9.85. The molecule has 26 heavy (non-hydrogen) atoms. The second-order valence-corrected chi connectivity index (χ2v) is 6.99. The molecule has 0 radical (unpaired) electrons. The van der Waals surface area contributed by atoms with Crippen LogP contribution >= 0.6 is 0 Å². The van der Waals surface area contributed by atoms with Gasteiger partial charge in [0.25, 0.3) is 0 Å². The minimum atomic E-state index is -0.564. The Labute approximate surface area is 151 Å². The summed E-state index contributed by atoms with van der Waals surface area (Å²) >= 11 is 0. The van der Waals surface area contributed by atoms with E-state index < -0.39 is 5.97 Å². The fourth-order valence-corrected chi connectivity index (χ4v) is 3.30. The largest absolute Gasteiger partial charge is 0.465 e. The molecule has 0 spiro atoms. The first-order valence-corrected chi connectivity index (χ1v) is 8.39. The summed E-state index contributed by atoms with van der Waals surface area (Å²) in [4.78, 5) is 29.5. The maximum atomic E-state index is 13.7. The van der Waals surface area contributed by atoms with Crippen molar-refractivity contribution in [1.82, 2.24) is 0 Å². The molecule has 0 unspecified atom stereocenters. The number of hydrogen-bond donors (Lipinski definition) is 0. The highest BCUT2D eigenvalue weighted by molar-refractivity contribution is 6.19. The van der Waals surface area contributed by atoms with Crippen LogP contribution in [-0.4, -0.2) is 30.1 Å². The lowest BCUT2D eigenvalue weighted by Crippen LogP contribution is -2.30. The zero-order valence-corrected chi connectivity index (χ0v) is 15.0. The monoisotopic (exact) mass is 353 g/mol. The summed E-state index contributed by atoms with van der Waals surface area (Å²) in [5.41, 5.74) is 2.30. The van der Waals surface area contributed by atoms with Crippen LogP contribution in [0.1, 0.15) is 52.1 Å². The van der Waals surface area contributed by atoms with Gasteiger partial charge in [0, 0.05) is 11.1 Å². The van der Waals surface area contributed by atoms with E-state index in [1.807, 2.05) is 13.8 Å². The number of esters is 1. The summed E-state index contributed by atoms with van der Waals surface area (Å²) in [6.45, 7) is 3.96. The van der Waals surface area contributed by atoms with Gasteiger partial charge in [-0.2, -0.15) is 0 Å². The Morgan fingerprint density at radius 3 is 2.54 bits per heavy atom. The number of fused-ring (bicyclic) bond motifs is 1. The number of hydrogen-bond acceptors (Lipinski definition) is 4. The number of nitrogens with zero attached hydrogens (tertiary/aromatic N) is 1. The molecule has 0 bridgehead atoms. The fourth-order valence-electron chi connectivity index (χ4n) is 3.30. The van der Waals surface area contributed by atoms with E-state index >= 15 is 0 Å². The number of carbonyl (C=O) groups excluding carboxylic acids is 2. The van der Waals surface area contributed by atoms with E-state index in [1.54, 1.807) is 30.3 Å². The topological polar surface area (TPSA) is 55.7 Å². The Morgan fingerprint density at radius 2 is 1.85 bits per heavy atom. The second-order valence-electron chi connectivity index (χ2n) is 6.99. The highest BCUT2D eigenvalue weighted by atomic mass is 19.1. The Kier molecular flexibility index (Phi) is 4.72. The van der Waals surface area contributed by atoms with Crippen LogP contribution in [0.4, 0.5) is 4.39 Å². The van der Waals surface area contributed by atoms with Gasteiger partial charge in [-0.3, -0.25) is 9.79 Å². The van der Waals surface area contributed by atoms with Crippen molar-refractivity contribution in [2.24, 2.45) is 4.99 Å². The molecule has 0 saturated heterocycles. The molecular weight excluding hydrogens is 333 g/mol. The van der Waals surface area contributed by atoms with Gasteiger partial charge in [0.1, 0.15) is 5.82 Å². The molecule has 4 nitrogen and oxygen atoms in total. The molecule has 2 aromatic carbocycles. The Morgan fingerprint density at radius 1 is 1.15 bits per heavy atom. The number of Topliss-reactive ketones (excluding diaryl/α,β-unsaturated/α-hetero) is 1. The molecule has 0 N–H and O–H groups in total. The van der Waals surface area contributed by atoms with Gasteiger partial charge in [-0.1, -0.05) is 24.3 Å². The number of rotatable bonds is 4. The van der Waals surface area contributed by atoms with Crippen molar-refractivity contribution < 1.29 is 18.7 Å². The smallest absolute Gasteiger partial charge is 0.338 e. The van der Waals surface area contributed by atoms with Crippen LogP contribution in [0.3, 0.4) is 0 Å². The van der Waals surface area contributed by atoms with Crippen LogP contribution in [0.2, 0.25) is 0 Å². The quantitative estimate of drug-likeness (QED) is 0.616. The van der Waals surface area contributed by atoms with E-state index in [4.69, 9.17) is 4.74 Å². The van der Waals surface area contributed by atoms with Crippen LogP contribution in [0.25, 0.3) is 0 Å². The van der Waals surface area contributed by atoms with Gasteiger partial charge >= 0.3 is 5.97 Å². The van der Waals surface area contributed by atoms with Gasteiger partial charge in [0.15, 0.2) is 5.78 Å². The summed E-state index contributed by atoms with van der Waals surface area (Å²) in [6.07, 6.45) is 0.674. The third-order valence-electron chi connectivity index (χ3n) is 4.40. The number of methoxy groups -OCH3 is 1. The van der Waals surface area contributed by atoms with Gasteiger partial charge in [-0.25, -0.2) is 9.18 Å². The molecule has 1 heterocycles. The van der Waals surface area contributed by atoms with E-state index in [0.29, 0.717) is 17.7 Å². The molecule has 0 fully saturated rings. The van der Waals surface area contributed by atoms with E-state index in [1.165, 1.54) is 19.2 Å². The first-order valence-electron chi connectivity index (χ1n) is 8.39. The van der Waals surface area contributed by atoms with Crippen LogP contribution < -0.4 is 0 Å². The minimum Gasteiger partial charge on any atom is -0.465 e. The molecule has 2 aromatic rings. The van der Waals surface area contributed by atoms with Crippen molar-refractivity contribution in [3.8, 4) is 0 Å². The SMILES string of the molecule is COC(=O)c1ccccc1C(=O)CC1=NC(C)(C)Cc2ccc(F)cc21. The molecule has 0 aromatic heterocycles. The van der Waals surface area contributed by atoms with Gasteiger partial charge < -0.3 is 4.74 Å². The van der Waals surface area contributed by atoms with Crippen molar-refractivity contribution in [1.29, 1.82) is 0 Å². The third-order valence-corrected chi connectivity index (χ3v) is 4.40. The summed E-state index contributed by atoms with van der Waals surface area (Å²) in [6, 6.07) is 11.1. The third kappa shape index (κ3) is 3.57. The van der Waals surface area contributed by atoms with Crippen LogP contribution in [0.5, 0.6) is 0 Å². The fraction of sp³-hybridized carbons (Fsp3) is 0.286. The molecule has 1 aliphatic rings. The summed E-state index contributed by atoms with van der Waals surface area (Å²) in [5, 5.41) is 0. The minimum absolute atomic E-state index is 0.00606. The standard InChI is InChI=1S/C21H20FNO3/c1-21(2)12-13-8-9-14(22)10-17(13)18(23-21)11-19(24)15-6-4-5-7-16(15)20(25)26-3/h4-10H,11-12H2,1-3H3. The first kappa shape index (κ1) is 18.0. The molecule has 5 heteroatoms. The Hall–Kier alpha value is -2.82. The lowest BCUT2D eigenvalue weighted by Gasteiger charge is -2.29. The van der Waals surface area contributed by atoms with E-state index in [0.717, 1.165) is 5.56 Å². The van der Waals surface area contributed by atoms with Crippen LogP contribution in [0, 0.1) is 5.82 Å². The Balaban J connectivity index is 1.99. The van der Waals surface area contributed by atoms with Crippen molar-refractivity contribution >= 4 is 17.5 Å². The Bertz CT molecular complexity index is 915. The normalized spacial score (nSPS) is 15.0. The number of carbonyl (C=O) groups is 2. The molecule has 1 aliphatic heterocycles. The zero-order chi connectivity index (χ0) is 18.9. The predicted molar refractivity (Wildman–Crippen MR) is 97.4 cm³/mol. The summed E-state index contributed by atoms with van der Waals surface area (Å²) in [5.74, 6) is -1.18. The molecule has 0 amide bonds. The van der Waals surface area contributed by atoms with Gasteiger partial charge in [-0.15, -0.1) is 0 Å². The predicted octanol–water partition coefficient (Wildman–Crippen LogP) is 4.01. The lowest BCUT2D eigenvalue weighted by molar-refractivity contribution is 0.0597. The zero-order valence-electron chi connectivity index (χ0n) is 15.0. The molecular formula is C21H20FNO3. The average Bonchev–Trinajstić information content (AvgIpc) is 2.61. The highest BCUT2D eigenvalue weighted by Crippen LogP contribution is 2.29. The average molecular weight is 353 g/mol. The maximum absolute atomic E-state index is 13.7. The summed E-state index contributed by atoms with van der Waals surface area (Å²) in [7, 11) is 1.27. The van der Waals surface area contributed by atoms with E-state index in [9.17, 15) is 14.0 Å². The van der Waals surface area contributed by atoms with Crippen molar-refractivity contribution in [3.63, 3.8) is 0 Å². The molecule has 0 aliphatic carbocycles. The molecule has 0 saturated carbocycles. The molecule has 3 rings (SSSR count). The van der Waals surface area contributed by atoms with E-state index in [2.05, 4.69) is 4.99 Å². The number of ether oxygens (including phenoxy) is 1. The number of benzene rings is 2. The highest BCUT2D eigenvalue weighted by Gasteiger charge is 2.29. The van der Waals surface area contributed by atoms with Crippen LogP contribution in [0.15, 0.2) is 47.5 Å². The maximum Gasteiger partial charge on any atom is 0.338 e. The van der Waals surface area contributed by atoms with Crippen LogP contribution in [-0.2, 0) is 11.2 Å². The second kappa shape index (κ2) is 6.83. The number of aliphatic imine (C=N–C) groups is 1. The number of ketones is 1. The van der Waals surface area contributed by atoms with Crippen molar-refractivity contribution in [2.45, 2.75) is 32.2 Å². The van der Waals surface area contributed by atoms with E-state index in [-0.39, 0.29) is 34.7 Å². The van der Waals surface area contributed by atoms with Crippen molar-refractivity contribution in [2.75, 3.05) is 7.11 Å². The van der Waals surface area contributed by atoms with Gasteiger partial charge in [0.05, 0.1) is 30.3 Å². The van der Waals surface area contributed by atoms with Gasteiger partial charge in [0.2, 0.25) is 0 Å². The van der Waals surface area contributed by atoms with Gasteiger partial charge in [-0.05, 0) is 44.0 Å². The molecule has 0 atom stereocenters.